The Labute approximate surface area is 107 Å². The van der Waals surface area contributed by atoms with Crippen LogP contribution in [0.1, 0.15) is 37.0 Å². The molecule has 0 aliphatic heterocycles. The number of nitrogens with zero attached hydrogens (tertiary/aromatic N) is 2. The molecule has 0 fully saturated rings. The van der Waals surface area contributed by atoms with Gasteiger partial charge in [0.25, 0.3) is 5.91 Å². The molecule has 0 aromatic carbocycles. The Bertz CT molecular complexity index is 419. The quantitative estimate of drug-likeness (QED) is 0.877. The second-order valence-corrected chi connectivity index (χ2v) is 4.16. The molecule has 1 rings (SSSR count). The number of hydrogen-bond acceptors (Lipinski definition) is 3. The van der Waals surface area contributed by atoms with Crippen molar-refractivity contribution in [2.24, 2.45) is 0 Å². The maximum absolute atomic E-state index is 14.0. The fourth-order valence-electron chi connectivity index (χ4n) is 1.98. The maximum Gasteiger partial charge on any atom is 0.257 e. The van der Waals surface area contributed by atoms with Crippen LogP contribution in [0.2, 0.25) is 0 Å². The summed E-state index contributed by atoms with van der Waals surface area (Å²) < 4.78 is 14.0. The van der Waals surface area contributed by atoms with Crippen LogP contribution in [-0.4, -0.2) is 35.9 Å². The lowest BCUT2D eigenvalue weighted by atomic mass is 10.1. The summed E-state index contributed by atoms with van der Waals surface area (Å²) in [5.41, 5.74) is 0.0590. The van der Waals surface area contributed by atoms with Crippen molar-refractivity contribution in [3.05, 3.63) is 23.6 Å². The number of amides is 1. The van der Waals surface area contributed by atoms with Crippen LogP contribution in [0.3, 0.4) is 0 Å². The average molecular weight is 253 g/mol. The molecule has 0 aliphatic rings. The lowest BCUT2D eigenvalue weighted by Gasteiger charge is -2.26. The third-order valence-corrected chi connectivity index (χ3v) is 3.17. The molecule has 1 aromatic rings. The van der Waals surface area contributed by atoms with Crippen LogP contribution in [0.25, 0.3) is 0 Å². The summed E-state index contributed by atoms with van der Waals surface area (Å²) in [4.78, 5) is 17.6. The monoisotopic (exact) mass is 253 g/mol. The van der Waals surface area contributed by atoms with E-state index in [1.165, 1.54) is 12.3 Å². The van der Waals surface area contributed by atoms with Crippen LogP contribution >= 0.6 is 0 Å². The van der Waals surface area contributed by atoms with Gasteiger partial charge in [-0.2, -0.15) is 0 Å². The number of anilines is 1. The zero-order chi connectivity index (χ0) is 13.7. The van der Waals surface area contributed by atoms with Crippen molar-refractivity contribution in [1.82, 2.24) is 9.88 Å². The highest BCUT2D eigenvalue weighted by Crippen LogP contribution is 2.18. The van der Waals surface area contributed by atoms with E-state index in [9.17, 15) is 9.18 Å². The van der Waals surface area contributed by atoms with Crippen molar-refractivity contribution < 1.29 is 9.18 Å². The van der Waals surface area contributed by atoms with Gasteiger partial charge in [0.15, 0.2) is 11.6 Å². The summed E-state index contributed by atoms with van der Waals surface area (Å²) in [6, 6.07) is 1.54. The Morgan fingerprint density at radius 2 is 2.11 bits per heavy atom. The smallest absolute Gasteiger partial charge is 0.257 e. The maximum atomic E-state index is 14.0. The Morgan fingerprint density at radius 1 is 1.50 bits per heavy atom. The van der Waals surface area contributed by atoms with E-state index in [-0.39, 0.29) is 23.3 Å². The van der Waals surface area contributed by atoms with Gasteiger partial charge in [0.05, 0.1) is 5.56 Å². The van der Waals surface area contributed by atoms with Gasteiger partial charge in [0.1, 0.15) is 0 Å². The first-order valence-corrected chi connectivity index (χ1v) is 6.16. The number of pyridine rings is 1. The third kappa shape index (κ3) is 2.78. The van der Waals surface area contributed by atoms with Gasteiger partial charge in [-0.1, -0.05) is 13.8 Å². The van der Waals surface area contributed by atoms with Crippen LogP contribution < -0.4 is 5.32 Å². The highest BCUT2D eigenvalue weighted by atomic mass is 19.1. The molecule has 100 valence electrons. The van der Waals surface area contributed by atoms with Crippen molar-refractivity contribution in [1.29, 1.82) is 0 Å². The Balaban J connectivity index is 3.03. The molecule has 5 heteroatoms. The number of carbonyl (C=O) groups is 1. The molecule has 1 heterocycles. The van der Waals surface area contributed by atoms with E-state index in [1.807, 2.05) is 13.8 Å². The normalized spacial score (nSPS) is 10.6. The van der Waals surface area contributed by atoms with Crippen LogP contribution in [-0.2, 0) is 0 Å². The number of halogens is 1. The van der Waals surface area contributed by atoms with Gasteiger partial charge in [-0.25, -0.2) is 9.37 Å². The Kier molecular flexibility index (Phi) is 5.07. The number of nitrogens with one attached hydrogen (secondary N) is 1. The molecule has 18 heavy (non-hydrogen) atoms. The highest BCUT2D eigenvalue weighted by molar-refractivity contribution is 5.95. The SMILES string of the molecule is CCC(CC)N(C)C(=O)c1ccnc(NC)c1F. The Morgan fingerprint density at radius 3 is 2.61 bits per heavy atom. The first-order valence-electron chi connectivity index (χ1n) is 6.16. The van der Waals surface area contributed by atoms with Crippen molar-refractivity contribution >= 4 is 11.7 Å². The van der Waals surface area contributed by atoms with Crippen molar-refractivity contribution in [2.45, 2.75) is 32.7 Å². The van der Waals surface area contributed by atoms with Crippen LogP contribution in [0.5, 0.6) is 0 Å². The van der Waals surface area contributed by atoms with Crippen molar-refractivity contribution in [3.8, 4) is 0 Å². The van der Waals surface area contributed by atoms with E-state index < -0.39 is 5.82 Å². The average Bonchev–Trinajstić information content (AvgIpc) is 2.39. The summed E-state index contributed by atoms with van der Waals surface area (Å²) >= 11 is 0. The number of carbonyl (C=O) groups excluding carboxylic acids is 1. The molecule has 1 N–H and O–H groups in total. The molecule has 0 bridgehead atoms. The molecule has 0 spiro atoms. The van der Waals surface area contributed by atoms with Crippen molar-refractivity contribution in [2.75, 3.05) is 19.4 Å². The number of aromatic nitrogens is 1. The molecule has 0 aliphatic carbocycles. The fraction of sp³-hybridized carbons (Fsp3) is 0.538. The summed E-state index contributed by atoms with van der Waals surface area (Å²) in [6.45, 7) is 4.03. The number of rotatable bonds is 5. The highest BCUT2D eigenvalue weighted by Gasteiger charge is 2.22. The second kappa shape index (κ2) is 6.33. The van der Waals surface area contributed by atoms with Gasteiger partial charge in [-0.05, 0) is 18.9 Å². The Hall–Kier alpha value is -1.65. The van der Waals surface area contributed by atoms with Gasteiger partial charge in [0.2, 0.25) is 0 Å². The molecule has 0 saturated heterocycles. The van der Waals surface area contributed by atoms with E-state index >= 15 is 0 Å². The van der Waals surface area contributed by atoms with Crippen LogP contribution in [0.15, 0.2) is 12.3 Å². The molecular weight excluding hydrogens is 233 g/mol. The van der Waals surface area contributed by atoms with E-state index in [0.717, 1.165) is 12.8 Å². The van der Waals surface area contributed by atoms with Crippen LogP contribution in [0, 0.1) is 5.82 Å². The molecule has 0 atom stereocenters. The predicted molar refractivity (Wildman–Crippen MR) is 70.2 cm³/mol. The van der Waals surface area contributed by atoms with Gasteiger partial charge in [-0.3, -0.25) is 4.79 Å². The van der Waals surface area contributed by atoms with Gasteiger partial charge >= 0.3 is 0 Å². The largest absolute Gasteiger partial charge is 0.371 e. The molecule has 1 amide bonds. The first-order chi connectivity index (χ1) is 8.56. The van der Waals surface area contributed by atoms with Gasteiger partial charge in [0, 0.05) is 26.3 Å². The summed E-state index contributed by atoms with van der Waals surface area (Å²) in [6.07, 6.45) is 3.14. The molecule has 0 unspecified atom stereocenters. The third-order valence-electron chi connectivity index (χ3n) is 3.17. The van der Waals surface area contributed by atoms with E-state index in [0.29, 0.717) is 0 Å². The van der Waals surface area contributed by atoms with E-state index in [4.69, 9.17) is 0 Å². The van der Waals surface area contributed by atoms with Crippen LogP contribution in [0.4, 0.5) is 10.2 Å². The summed E-state index contributed by atoms with van der Waals surface area (Å²) in [7, 11) is 3.28. The molecule has 4 nitrogen and oxygen atoms in total. The van der Waals surface area contributed by atoms with Gasteiger partial charge in [-0.15, -0.1) is 0 Å². The molecule has 0 radical (unpaired) electrons. The fourth-order valence-corrected chi connectivity index (χ4v) is 1.98. The first kappa shape index (κ1) is 14.4. The lowest BCUT2D eigenvalue weighted by molar-refractivity contribution is 0.0719. The predicted octanol–water partition coefficient (Wildman–Crippen LogP) is 2.52. The minimum atomic E-state index is -0.595. The summed E-state index contributed by atoms with van der Waals surface area (Å²) in [5, 5.41) is 2.63. The van der Waals surface area contributed by atoms with E-state index in [2.05, 4.69) is 10.3 Å². The summed E-state index contributed by atoms with van der Waals surface area (Å²) in [5.74, 6) is -0.804. The second-order valence-electron chi connectivity index (χ2n) is 4.16. The minimum Gasteiger partial charge on any atom is -0.371 e. The van der Waals surface area contributed by atoms with E-state index in [1.54, 1.807) is 19.0 Å². The topological polar surface area (TPSA) is 45.2 Å². The standard InChI is InChI=1S/C13H20FN3O/c1-5-9(6-2)17(4)13(18)10-7-8-16-12(15-3)11(10)14/h7-9H,5-6H2,1-4H3,(H,15,16). The lowest BCUT2D eigenvalue weighted by Crippen LogP contribution is -2.36. The minimum absolute atomic E-state index is 0.0590. The zero-order valence-electron chi connectivity index (χ0n) is 11.3. The zero-order valence-corrected chi connectivity index (χ0v) is 11.3. The number of hydrogen-bond donors (Lipinski definition) is 1. The van der Waals surface area contributed by atoms with Crippen molar-refractivity contribution in [3.63, 3.8) is 0 Å². The van der Waals surface area contributed by atoms with Gasteiger partial charge < -0.3 is 10.2 Å². The molecular formula is C13H20FN3O. The molecule has 0 saturated carbocycles. The molecule has 1 aromatic heterocycles.